The second-order valence-electron chi connectivity index (χ2n) is 7.08. The van der Waals surface area contributed by atoms with Crippen molar-refractivity contribution in [2.75, 3.05) is 18.6 Å². The van der Waals surface area contributed by atoms with Gasteiger partial charge in [0.1, 0.15) is 18.1 Å². The summed E-state index contributed by atoms with van der Waals surface area (Å²) in [5.41, 5.74) is 1.50. The first kappa shape index (κ1) is 21.1. The van der Waals surface area contributed by atoms with Crippen molar-refractivity contribution in [2.45, 2.75) is 6.54 Å². The summed E-state index contributed by atoms with van der Waals surface area (Å²) in [6, 6.07) is 20.3. The lowest BCUT2D eigenvalue weighted by Gasteiger charge is -2.30. The average Bonchev–Trinajstić information content (AvgIpc) is 2.82. The van der Waals surface area contributed by atoms with E-state index in [-0.39, 0.29) is 30.3 Å². The number of amides is 2. The highest BCUT2D eigenvalue weighted by atomic mass is 19.1. The van der Waals surface area contributed by atoms with Gasteiger partial charge in [0.05, 0.1) is 12.8 Å². The van der Waals surface area contributed by atoms with Crippen LogP contribution in [-0.4, -0.2) is 25.5 Å². The molecule has 0 saturated heterocycles. The molecule has 0 radical (unpaired) electrons. The lowest BCUT2D eigenvalue weighted by molar-refractivity contribution is -0.123. The number of fused-ring (bicyclic) bond motifs is 1. The Hall–Kier alpha value is -4.13. The molecule has 162 valence electrons. The zero-order valence-corrected chi connectivity index (χ0v) is 17.4. The first-order chi connectivity index (χ1) is 15.6. The smallest absolute Gasteiger partial charge is 0.294 e. The van der Waals surface area contributed by atoms with Gasteiger partial charge in [0.2, 0.25) is 5.91 Å². The van der Waals surface area contributed by atoms with Crippen molar-refractivity contribution in [3.05, 3.63) is 95.5 Å². The number of methoxy groups -OCH3 is 1. The van der Waals surface area contributed by atoms with Gasteiger partial charge in [-0.25, -0.2) is 4.39 Å². The maximum absolute atomic E-state index is 14.1. The van der Waals surface area contributed by atoms with Crippen LogP contribution >= 0.6 is 0 Å². The predicted molar refractivity (Wildman–Crippen MR) is 119 cm³/mol. The third-order valence-electron chi connectivity index (χ3n) is 4.99. The van der Waals surface area contributed by atoms with Crippen molar-refractivity contribution < 1.29 is 23.5 Å². The normalized spacial score (nSPS) is 14.0. The van der Waals surface area contributed by atoms with Crippen LogP contribution in [0, 0.1) is 5.82 Å². The quantitative estimate of drug-likeness (QED) is 0.600. The molecule has 1 aliphatic heterocycles. The van der Waals surface area contributed by atoms with Gasteiger partial charge in [0.15, 0.2) is 11.5 Å². The molecule has 0 aliphatic carbocycles. The SMILES string of the molecule is COc1ccccc1CNC(=O)CN1C(=O)C(=Cc2ccccc2F)Oc2ccccc21. The van der Waals surface area contributed by atoms with E-state index in [4.69, 9.17) is 9.47 Å². The molecule has 1 N–H and O–H groups in total. The van der Waals surface area contributed by atoms with Crippen molar-refractivity contribution in [3.8, 4) is 11.5 Å². The van der Waals surface area contributed by atoms with E-state index in [9.17, 15) is 14.0 Å². The number of para-hydroxylation sites is 3. The Morgan fingerprint density at radius 3 is 2.59 bits per heavy atom. The number of halogens is 1. The van der Waals surface area contributed by atoms with Crippen LogP contribution in [0.25, 0.3) is 6.08 Å². The monoisotopic (exact) mass is 432 g/mol. The van der Waals surface area contributed by atoms with E-state index in [1.54, 1.807) is 49.6 Å². The van der Waals surface area contributed by atoms with Crippen LogP contribution in [0.15, 0.2) is 78.6 Å². The molecule has 6 nitrogen and oxygen atoms in total. The molecule has 4 rings (SSSR count). The highest BCUT2D eigenvalue weighted by Crippen LogP contribution is 2.35. The van der Waals surface area contributed by atoms with Gasteiger partial charge >= 0.3 is 0 Å². The van der Waals surface area contributed by atoms with E-state index < -0.39 is 11.7 Å². The summed E-state index contributed by atoms with van der Waals surface area (Å²) in [6.45, 7) is 0.0317. The topological polar surface area (TPSA) is 67.9 Å². The lowest BCUT2D eigenvalue weighted by atomic mass is 10.1. The molecule has 0 spiro atoms. The Labute approximate surface area is 184 Å². The van der Waals surface area contributed by atoms with Crippen LogP contribution in [-0.2, 0) is 16.1 Å². The third kappa shape index (κ3) is 4.46. The predicted octanol–water partition coefficient (Wildman–Crippen LogP) is 3.92. The van der Waals surface area contributed by atoms with Gasteiger partial charge in [-0.15, -0.1) is 0 Å². The third-order valence-corrected chi connectivity index (χ3v) is 4.99. The minimum atomic E-state index is -0.528. The maximum Gasteiger partial charge on any atom is 0.294 e. The first-order valence-electron chi connectivity index (χ1n) is 10.0. The number of hydrogen-bond acceptors (Lipinski definition) is 4. The molecule has 3 aromatic rings. The Balaban J connectivity index is 1.56. The van der Waals surface area contributed by atoms with E-state index in [1.807, 2.05) is 24.3 Å². The number of hydrogen-bond donors (Lipinski definition) is 1. The Morgan fingerprint density at radius 2 is 1.78 bits per heavy atom. The number of ether oxygens (including phenoxy) is 2. The summed E-state index contributed by atoms with van der Waals surface area (Å²) in [5.74, 6) is -0.351. The van der Waals surface area contributed by atoms with Gasteiger partial charge < -0.3 is 14.8 Å². The van der Waals surface area contributed by atoms with Crippen molar-refractivity contribution >= 4 is 23.6 Å². The number of carbonyl (C=O) groups excluding carboxylic acids is 2. The average molecular weight is 432 g/mol. The number of rotatable bonds is 6. The van der Waals surface area contributed by atoms with Gasteiger partial charge in [-0.1, -0.05) is 48.5 Å². The van der Waals surface area contributed by atoms with Crippen molar-refractivity contribution in [3.63, 3.8) is 0 Å². The number of anilines is 1. The molecule has 32 heavy (non-hydrogen) atoms. The molecule has 2 amide bonds. The number of nitrogens with zero attached hydrogens (tertiary/aromatic N) is 1. The zero-order chi connectivity index (χ0) is 22.5. The molecule has 3 aromatic carbocycles. The molecule has 7 heteroatoms. The Kier molecular flexibility index (Phi) is 6.17. The largest absolute Gasteiger partial charge is 0.496 e. The van der Waals surface area contributed by atoms with Crippen LogP contribution in [0.1, 0.15) is 11.1 Å². The highest BCUT2D eigenvalue weighted by Gasteiger charge is 2.31. The van der Waals surface area contributed by atoms with Crippen molar-refractivity contribution in [1.29, 1.82) is 0 Å². The number of nitrogens with one attached hydrogen (secondary N) is 1. The second kappa shape index (κ2) is 9.34. The van der Waals surface area contributed by atoms with Gasteiger partial charge in [-0.05, 0) is 30.3 Å². The molecule has 0 aromatic heterocycles. The minimum absolute atomic E-state index is 0.0636. The highest BCUT2D eigenvalue weighted by molar-refractivity contribution is 6.12. The van der Waals surface area contributed by atoms with E-state index >= 15 is 0 Å². The van der Waals surface area contributed by atoms with E-state index in [0.29, 0.717) is 17.2 Å². The van der Waals surface area contributed by atoms with Gasteiger partial charge in [0.25, 0.3) is 5.91 Å². The standard InChI is InChI=1S/C25H21FN2O4/c1-31-21-12-6-3-9-18(21)15-27-24(29)16-28-20-11-5-7-13-22(20)32-23(25(28)30)14-17-8-2-4-10-19(17)26/h2-14H,15-16H2,1H3,(H,27,29). The molecular formula is C25H21FN2O4. The molecule has 0 saturated carbocycles. The van der Waals surface area contributed by atoms with Crippen LogP contribution in [0.2, 0.25) is 0 Å². The van der Waals surface area contributed by atoms with Gasteiger partial charge in [-0.3, -0.25) is 14.5 Å². The molecule has 0 atom stereocenters. The fourth-order valence-corrected chi connectivity index (χ4v) is 3.39. The minimum Gasteiger partial charge on any atom is -0.496 e. The van der Waals surface area contributed by atoms with E-state index in [1.165, 1.54) is 17.0 Å². The molecule has 1 heterocycles. The van der Waals surface area contributed by atoms with Crippen LogP contribution in [0.5, 0.6) is 11.5 Å². The Morgan fingerprint density at radius 1 is 1.06 bits per heavy atom. The van der Waals surface area contributed by atoms with Crippen LogP contribution in [0.4, 0.5) is 10.1 Å². The van der Waals surface area contributed by atoms with Crippen LogP contribution in [0.3, 0.4) is 0 Å². The van der Waals surface area contributed by atoms with Crippen molar-refractivity contribution in [1.82, 2.24) is 5.32 Å². The fraction of sp³-hybridized carbons (Fsp3) is 0.120. The molecular weight excluding hydrogens is 411 g/mol. The number of carbonyl (C=O) groups is 2. The van der Waals surface area contributed by atoms with Crippen molar-refractivity contribution in [2.24, 2.45) is 0 Å². The Bertz CT molecular complexity index is 1190. The zero-order valence-electron chi connectivity index (χ0n) is 17.4. The first-order valence-corrected chi connectivity index (χ1v) is 10.0. The molecule has 1 aliphatic rings. The second-order valence-corrected chi connectivity index (χ2v) is 7.08. The summed E-state index contributed by atoms with van der Waals surface area (Å²) in [4.78, 5) is 27.1. The molecule has 0 bridgehead atoms. The summed E-state index contributed by atoms with van der Waals surface area (Å²) in [7, 11) is 1.56. The molecule has 0 unspecified atom stereocenters. The summed E-state index contributed by atoms with van der Waals surface area (Å²) < 4.78 is 25.1. The summed E-state index contributed by atoms with van der Waals surface area (Å²) in [6.07, 6.45) is 1.34. The summed E-state index contributed by atoms with van der Waals surface area (Å²) >= 11 is 0. The van der Waals surface area contributed by atoms with E-state index in [0.717, 1.165) is 5.56 Å². The maximum atomic E-state index is 14.1. The van der Waals surface area contributed by atoms with Crippen LogP contribution < -0.4 is 19.7 Å². The van der Waals surface area contributed by atoms with Gasteiger partial charge in [-0.2, -0.15) is 0 Å². The molecule has 0 fully saturated rings. The lowest BCUT2D eigenvalue weighted by Crippen LogP contribution is -2.44. The number of benzene rings is 3. The van der Waals surface area contributed by atoms with Gasteiger partial charge in [0, 0.05) is 17.7 Å². The summed E-state index contributed by atoms with van der Waals surface area (Å²) in [5, 5.41) is 2.81. The fourth-order valence-electron chi connectivity index (χ4n) is 3.39. The van der Waals surface area contributed by atoms with E-state index in [2.05, 4.69) is 5.32 Å².